The number of carbonyl (C=O) groups excluding carboxylic acids is 1. The zero-order chi connectivity index (χ0) is 19.2. The summed E-state index contributed by atoms with van der Waals surface area (Å²) in [6.07, 6.45) is 0. The molecule has 2 aromatic rings. The molecule has 1 fully saturated rings. The van der Waals surface area contributed by atoms with Crippen LogP contribution in [0, 0.1) is 5.82 Å². The molecule has 2 aromatic carbocycles. The zero-order valence-electron chi connectivity index (χ0n) is 16.1. The molecule has 27 heavy (non-hydrogen) atoms. The van der Waals surface area contributed by atoms with Gasteiger partial charge in [-0.25, -0.2) is 4.39 Å². The van der Waals surface area contributed by atoms with Gasteiger partial charge in [-0.05, 0) is 25.5 Å². The highest BCUT2D eigenvalue weighted by molar-refractivity contribution is 5.81. The van der Waals surface area contributed by atoms with Crippen LogP contribution in [0.1, 0.15) is 31.0 Å². The molecule has 0 spiro atoms. The first-order valence-corrected chi connectivity index (χ1v) is 9.59. The molecule has 0 radical (unpaired) electrons. The molecule has 0 aromatic heterocycles. The van der Waals surface area contributed by atoms with Gasteiger partial charge in [0.05, 0.1) is 12.1 Å². The van der Waals surface area contributed by atoms with Gasteiger partial charge in [0.15, 0.2) is 0 Å². The lowest BCUT2D eigenvalue weighted by molar-refractivity contribution is -0.127. The highest BCUT2D eigenvalue weighted by Crippen LogP contribution is 2.15. The van der Waals surface area contributed by atoms with Crippen LogP contribution in [0.15, 0.2) is 54.6 Å². The van der Waals surface area contributed by atoms with Gasteiger partial charge in [-0.2, -0.15) is 0 Å². The standard InChI is InChI=1S/C22H28FN3O/c1-17(19-8-4-3-5-9-19)24-22(27)18(2)26-14-12-25(13-15-26)16-20-10-6-7-11-21(20)23/h3-11,17-18H,12-16H2,1-2H3,(H,24,27). The van der Waals surface area contributed by atoms with Gasteiger partial charge in [0.25, 0.3) is 0 Å². The number of nitrogens with one attached hydrogen (secondary N) is 1. The van der Waals surface area contributed by atoms with Crippen molar-refractivity contribution in [3.8, 4) is 0 Å². The molecule has 144 valence electrons. The van der Waals surface area contributed by atoms with E-state index in [1.807, 2.05) is 56.3 Å². The predicted molar refractivity (Wildman–Crippen MR) is 106 cm³/mol. The molecule has 3 rings (SSSR count). The summed E-state index contributed by atoms with van der Waals surface area (Å²) in [7, 11) is 0. The van der Waals surface area contributed by atoms with Crippen LogP contribution in [0.3, 0.4) is 0 Å². The van der Waals surface area contributed by atoms with Crippen LogP contribution in [-0.2, 0) is 11.3 Å². The SMILES string of the molecule is CC(NC(=O)C(C)N1CCN(Cc2ccccc2F)CC1)c1ccccc1. The minimum Gasteiger partial charge on any atom is -0.348 e. The summed E-state index contributed by atoms with van der Waals surface area (Å²) in [5.74, 6) is -0.100. The molecular formula is C22H28FN3O. The number of hydrogen-bond acceptors (Lipinski definition) is 3. The van der Waals surface area contributed by atoms with Gasteiger partial charge >= 0.3 is 0 Å². The van der Waals surface area contributed by atoms with Crippen LogP contribution >= 0.6 is 0 Å². The maximum absolute atomic E-state index is 13.8. The lowest BCUT2D eigenvalue weighted by Gasteiger charge is -2.37. The Hall–Kier alpha value is -2.24. The van der Waals surface area contributed by atoms with Gasteiger partial charge in [0.1, 0.15) is 5.82 Å². The average Bonchev–Trinajstić information content (AvgIpc) is 2.70. The van der Waals surface area contributed by atoms with Crippen molar-refractivity contribution >= 4 is 5.91 Å². The van der Waals surface area contributed by atoms with Gasteiger partial charge in [-0.15, -0.1) is 0 Å². The van der Waals surface area contributed by atoms with Crippen LogP contribution in [0.2, 0.25) is 0 Å². The molecule has 1 amide bonds. The van der Waals surface area contributed by atoms with Gasteiger partial charge in [-0.3, -0.25) is 14.6 Å². The van der Waals surface area contributed by atoms with E-state index in [1.54, 1.807) is 6.07 Å². The van der Waals surface area contributed by atoms with Crippen LogP contribution in [0.4, 0.5) is 4.39 Å². The third kappa shape index (κ3) is 5.15. The topological polar surface area (TPSA) is 35.6 Å². The fourth-order valence-corrected chi connectivity index (χ4v) is 3.50. The van der Waals surface area contributed by atoms with Crippen molar-refractivity contribution in [2.75, 3.05) is 26.2 Å². The molecule has 2 atom stereocenters. The first-order chi connectivity index (χ1) is 13.0. The fourth-order valence-electron chi connectivity index (χ4n) is 3.50. The number of carbonyl (C=O) groups is 1. The van der Waals surface area contributed by atoms with E-state index in [0.29, 0.717) is 6.54 Å². The smallest absolute Gasteiger partial charge is 0.237 e. The van der Waals surface area contributed by atoms with E-state index in [4.69, 9.17) is 0 Å². The Morgan fingerprint density at radius 3 is 2.30 bits per heavy atom. The Morgan fingerprint density at radius 1 is 1.00 bits per heavy atom. The molecule has 0 bridgehead atoms. The second-order valence-electron chi connectivity index (χ2n) is 7.22. The lowest BCUT2D eigenvalue weighted by Crippen LogP contribution is -2.53. The van der Waals surface area contributed by atoms with Crippen LogP contribution in [0.25, 0.3) is 0 Å². The first-order valence-electron chi connectivity index (χ1n) is 9.59. The Morgan fingerprint density at radius 2 is 1.63 bits per heavy atom. The van der Waals surface area contributed by atoms with Crippen molar-refractivity contribution in [2.45, 2.75) is 32.5 Å². The van der Waals surface area contributed by atoms with E-state index in [2.05, 4.69) is 15.1 Å². The van der Waals surface area contributed by atoms with Crippen molar-refractivity contribution in [2.24, 2.45) is 0 Å². The van der Waals surface area contributed by atoms with E-state index >= 15 is 0 Å². The van der Waals surface area contributed by atoms with Crippen LogP contribution < -0.4 is 5.32 Å². The summed E-state index contributed by atoms with van der Waals surface area (Å²) < 4.78 is 13.8. The van der Waals surface area contributed by atoms with Crippen molar-refractivity contribution < 1.29 is 9.18 Å². The number of amides is 1. The van der Waals surface area contributed by atoms with E-state index < -0.39 is 0 Å². The molecule has 1 saturated heterocycles. The van der Waals surface area contributed by atoms with Crippen LogP contribution in [-0.4, -0.2) is 47.9 Å². The Balaban J connectivity index is 1.48. The maximum Gasteiger partial charge on any atom is 0.237 e. The van der Waals surface area contributed by atoms with Gasteiger partial charge in [-0.1, -0.05) is 48.5 Å². The van der Waals surface area contributed by atoms with Crippen molar-refractivity contribution in [1.29, 1.82) is 0 Å². The number of rotatable bonds is 6. The molecule has 4 nitrogen and oxygen atoms in total. The molecular weight excluding hydrogens is 341 g/mol. The van der Waals surface area contributed by atoms with Gasteiger partial charge in [0, 0.05) is 38.3 Å². The summed E-state index contributed by atoms with van der Waals surface area (Å²) >= 11 is 0. The quantitative estimate of drug-likeness (QED) is 0.849. The number of halogens is 1. The van der Waals surface area contributed by atoms with E-state index in [9.17, 15) is 9.18 Å². The van der Waals surface area contributed by atoms with Crippen molar-refractivity contribution in [1.82, 2.24) is 15.1 Å². The molecule has 0 saturated carbocycles. The summed E-state index contributed by atoms with van der Waals surface area (Å²) in [6.45, 7) is 7.86. The predicted octanol–water partition coefficient (Wildman–Crippen LogP) is 3.21. The Bertz CT molecular complexity index is 744. The number of hydrogen-bond donors (Lipinski definition) is 1. The second-order valence-corrected chi connectivity index (χ2v) is 7.22. The first kappa shape index (κ1) is 19.5. The monoisotopic (exact) mass is 369 g/mol. The number of benzene rings is 2. The largest absolute Gasteiger partial charge is 0.348 e. The third-order valence-electron chi connectivity index (χ3n) is 5.34. The van der Waals surface area contributed by atoms with Crippen molar-refractivity contribution in [3.05, 3.63) is 71.5 Å². The minimum absolute atomic E-state index is 0.0107. The summed E-state index contributed by atoms with van der Waals surface area (Å²) in [5.41, 5.74) is 1.83. The Kier molecular flexibility index (Phi) is 6.58. The van der Waals surface area contributed by atoms with Gasteiger partial charge < -0.3 is 5.32 Å². The van der Waals surface area contributed by atoms with E-state index in [-0.39, 0.29) is 23.8 Å². The van der Waals surface area contributed by atoms with E-state index in [0.717, 1.165) is 37.3 Å². The van der Waals surface area contributed by atoms with Crippen LogP contribution in [0.5, 0.6) is 0 Å². The highest BCUT2D eigenvalue weighted by atomic mass is 19.1. The maximum atomic E-state index is 13.8. The zero-order valence-corrected chi connectivity index (χ0v) is 16.1. The summed E-state index contributed by atoms with van der Waals surface area (Å²) in [4.78, 5) is 17.1. The fraction of sp³-hybridized carbons (Fsp3) is 0.409. The molecule has 0 aliphatic carbocycles. The molecule has 2 unspecified atom stereocenters. The average molecular weight is 369 g/mol. The molecule has 1 aliphatic rings. The van der Waals surface area contributed by atoms with Gasteiger partial charge in [0.2, 0.25) is 5.91 Å². The normalized spacial score (nSPS) is 18.0. The summed E-state index contributed by atoms with van der Waals surface area (Å²) in [6, 6.07) is 16.7. The second kappa shape index (κ2) is 9.11. The summed E-state index contributed by atoms with van der Waals surface area (Å²) in [5, 5.41) is 3.11. The molecule has 1 N–H and O–H groups in total. The minimum atomic E-state index is -0.174. The molecule has 5 heteroatoms. The van der Waals surface area contributed by atoms with Crippen molar-refractivity contribution in [3.63, 3.8) is 0 Å². The Labute approximate surface area is 161 Å². The van der Waals surface area contributed by atoms with E-state index in [1.165, 1.54) is 6.07 Å². The lowest BCUT2D eigenvalue weighted by atomic mass is 10.1. The highest BCUT2D eigenvalue weighted by Gasteiger charge is 2.26. The molecule has 1 heterocycles. The number of nitrogens with zero attached hydrogens (tertiary/aromatic N) is 2. The number of piperazine rings is 1. The molecule has 1 aliphatic heterocycles. The third-order valence-corrected chi connectivity index (χ3v) is 5.34.